The van der Waals surface area contributed by atoms with E-state index in [2.05, 4.69) is 0 Å². The maximum absolute atomic E-state index is 12.2. The smallest absolute Gasteiger partial charge is 0.253 e. The van der Waals surface area contributed by atoms with Gasteiger partial charge < -0.3 is 9.64 Å². The van der Waals surface area contributed by atoms with Crippen LogP contribution in [0.1, 0.15) is 16.8 Å². The van der Waals surface area contributed by atoms with Crippen molar-refractivity contribution < 1.29 is 17.9 Å². The van der Waals surface area contributed by atoms with Gasteiger partial charge in [0, 0.05) is 24.9 Å². The zero-order valence-corrected chi connectivity index (χ0v) is 11.8. The highest BCUT2D eigenvalue weighted by molar-refractivity contribution is 7.91. The summed E-state index contributed by atoms with van der Waals surface area (Å²) in [7, 11) is -1.51. The lowest BCUT2D eigenvalue weighted by Gasteiger charge is -2.16. The topological polar surface area (TPSA) is 63.7 Å². The molecule has 104 valence electrons. The van der Waals surface area contributed by atoms with Crippen LogP contribution >= 0.6 is 0 Å². The summed E-state index contributed by atoms with van der Waals surface area (Å²) >= 11 is 0. The molecule has 0 radical (unpaired) electrons. The number of sulfone groups is 1. The van der Waals surface area contributed by atoms with Gasteiger partial charge in [0.2, 0.25) is 0 Å². The molecule has 1 heterocycles. The summed E-state index contributed by atoms with van der Waals surface area (Å²) in [5.41, 5.74) is 0.551. The average molecular weight is 283 g/mol. The van der Waals surface area contributed by atoms with Crippen molar-refractivity contribution in [2.75, 3.05) is 26.5 Å². The quantitative estimate of drug-likeness (QED) is 0.828. The number of hydrogen-bond acceptors (Lipinski definition) is 4. The molecule has 1 atom stereocenters. The number of ether oxygens (including phenoxy) is 1. The van der Waals surface area contributed by atoms with Crippen LogP contribution in [0.2, 0.25) is 0 Å². The van der Waals surface area contributed by atoms with Crippen LogP contribution in [0.5, 0.6) is 5.75 Å². The van der Waals surface area contributed by atoms with E-state index in [-0.39, 0.29) is 12.5 Å². The van der Waals surface area contributed by atoms with Crippen molar-refractivity contribution in [2.45, 2.75) is 11.7 Å². The summed E-state index contributed by atoms with van der Waals surface area (Å²) in [5.74, 6) is 0.556. The van der Waals surface area contributed by atoms with Gasteiger partial charge in [-0.15, -0.1) is 0 Å². The molecular weight excluding hydrogens is 266 g/mol. The molecule has 5 nitrogen and oxygen atoms in total. The maximum Gasteiger partial charge on any atom is 0.253 e. The standard InChI is InChI=1S/C13H17NO4S/c1-18-11-5-3-10(4-6-11)13(15)14-8-7-12(9-14)19(2,16)17/h3-6,12H,7-9H2,1-2H3/t12-/m0/s1. The van der Waals surface area contributed by atoms with Crippen LogP contribution in [0, 0.1) is 0 Å². The third-order valence-corrected chi connectivity index (χ3v) is 4.97. The van der Waals surface area contributed by atoms with Crippen LogP contribution in [0.25, 0.3) is 0 Å². The fraction of sp³-hybridized carbons (Fsp3) is 0.462. The van der Waals surface area contributed by atoms with Gasteiger partial charge in [0.1, 0.15) is 5.75 Å². The molecule has 0 aromatic heterocycles. The predicted octanol–water partition coefficient (Wildman–Crippen LogP) is 0.954. The minimum absolute atomic E-state index is 0.131. The summed E-state index contributed by atoms with van der Waals surface area (Å²) in [5, 5.41) is -0.435. The Kier molecular flexibility index (Phi) is 3.80. The van der Waals surface area contributed by atoms with Gasteiger partial charge in [0.25, 0.3) is 5.91 Å². The zero-order chi connectivity index (χ0) is 14.0. The second-order valence-corrected chi connectivity index (χ2v) is 7.05. The molecule has 1 aliphatic heterocycles. The van der Waals surface area contributed by atoms with Crippen molar-refractivity contribution in [1.82, 2.24) is 4.90 Å². The molecule has 1 aromatic rings. The zero-order valence-electron chi connectivity index (χ0n) is 11.0. The van der Waals surface area contributed by atoms with Crippen LogP contribution in [0.4, 0.5) is 0 Å². The maximum atomic E-state index is 12.2. The number of carbonyl (C=O) groups is 1. The summed E-state index contributed by atoms with van der Waals surface area (Å²) in [4.78, 5) is 13.8. The average Bonchev–Trinajstić information content (AvgIpc) is 2.87. The van der Waals surface area contributed by atoms with Gasteiger partial charge >= 0.3 is 0 Å². The van der Waals surface area contributed by atoms with Crippen LogP contribution in [-0.4, -0.2) is 50.9 Å². The molecule has 1 fully saturated rings. The number of likely N-dealkylation sites (tertiary alicyclic amines) is 1. The second-order valence-electron chi connectivity index (χ2n) is 4.72. The van der Waals surface area contributed by atoms with E-state index < -0.39 is 15.1 Å². The molecule has 0 N–H and O–H groups in total. The Hall–Kier alpha value is -1.56. The van der Waals surface area contributed by atoms with Crippen molar-refractivity contribution in [1.29, 1.82) is 0 Å². The molecule has 0 aliphatic carbocycles. The van der Waals surface area contributed by atoms with Crippen molar-refractivity contribution in [2.24, 2.45) is 0 Å². The molecule has 0 unspecified atom stereocenters. The number of carbonyl (C=O) groups excluding carboxylic acids is 1. The molecule has 0 bridgehead atoms. The van der Waals surface area contributed by atoms with Gasteiger partial charge in [0.15, 0.2) is 9.84 Å². The predicted molar refractivity (Wildman–Crippen MR) is 72.1 cm³/mol. The fourth-order valence-electron chi connectivity index (χ4n) is 2.18. The monoisotopic (exact) mass is 283 g/mol. The lowest BCUT2D eigenvalue weighted by molar-refractivity contribution is 0.0793. The van der Waals surface area contributed by atoms with E-state index in [1.165, 1.54) is 6.26 Å². The lowest BCUT2D eigenvalue weighted by Crippen LogP contribution is -2.31. The summed E-state index contributed by atoms with van der Waals surface area (Å²) < 4.78 is 28.0. The summed E-state index contributed by atoms with van der Waals surface area (Å²) in [6, 6.07) is 6.82. The van der Waals surface area contributed by atoms with Gasteiger partial charge in [-0.1, -0.05) is 0 Å². The SMILES string of the molecule is COc1ccc(C(=O)N2CC[C@H](S(C)(=O)=O)C2)cc1. The van der Waals surface area contributed by atoms with E-state index in [0.717, 1.165) is 0 Å². The van der Waals surface area contributed by atoms with Gasteiger partial charge in [-0.25, -0.2) is 8.42 Å². The molecular formula is C13H17NO4S. The van der Waals surface area contributed by atoms with Gasteiger partial charge in [-0.05, 0) is 30.7 Å². The molecule has 1 aromatic carbocycles. The van der Waals surface area contributed by atoms with E-state index >= 15 is 0 Å². The second kappa shape index (κ2) is 5.21. The molecule has 0 saturated carbocycles. The Morgan fingerprint density at radius 3 is 2.42 bits per heavy atom. The first-order valence-electron chi connectivity index (χ1n) is 6.04. The van der Waals surface area contributed by atoms with E-state index in [1.54, 1.807) is 36.3 Å². The van der Waals surface area contributed by atoms with Crippen molar-refractivity contribution in [3.63, 3.8) is 0 Å². The van der Waals surface area contributed by atoms with E-state index in [9.17, 15) is 13.2 Å². The van der Waals surface area contributed by atoms with Gasteiger partial charge in [0.05, 0.1) is 12.4 Å². The third kappa shape index (κ3) is 3.07. The highest BCUT2D eigenvalue weighted by Gasteiger charge is 2.32. The Balaban J connectivity index is 2.08. The molecule has 1 aliphatic rings. The number of benzene rings is 1. The number of rotatable bonds is 3. The first-order valence-corrected chi connectivity index (χ1v) is 7.99. The van der Waals surface area contributed by atoms with E-state index in [0.29, 0.717) is 24.3 Å². The molecule has 1 amide bonds. The van der Waals surface area contributed by atoms with Crippen molar-refractivity contribution in [3.05, 3.63) is 29.8 Å². The Morgan fingerprint density at radius 1 is 1.32 bits per heavy atom. The third-order valence-electron chi connectivity index (χ3n) is 3.37. The van der Waals surface area contributed by atoms with Crippen molar-refractivity contribution in [3.8, 4) is 5.75 Å². The fourth-order valence-corrected chi connectivity index (χ4v) is 3.16. The van der Waals surface area contributed by atoms with Gasteiger partial charge in [-0.3, -0.25) is 4.79 Å². The summed E-state index contributed by atoms with van der Waals surface area (Å²) in [6.07, 6.45) is 1.74. The first-order chi connectivity index (χ1) is 8.91. The van der Waals surface area contributed by atoms with Crippen LogP contribution < -0.4 is 4.74 Å². The normalized spacial score (nSPS) is 19.5. The molecule has 6 heteroatoms. The summed E-state index contributed by atoms with van der Waals surface area (Å²) in [6.45, 7) is 0.770. The van der Waals surface area contributed by atoms with E-state index in [4.69, 9.17) is 4.74 Å². The Morgan fingerprint density at radius 2 is 1.95 bits per heavy atom. The van der Waals surface area contributed by atoms with Crippen molar-refractivity contribution >= 4 is 15.7 Å². The molecule has 0 spiro atoms. The number of nitrogens with zero attached hydrogens (tertiary/aromatic N) is 1. The number of methoxy groups -OCH3 is 1. The Bertz CT molecular complexity index is 565. The van der Waals surface area contributed by atoms with Crippen LogP contribution in [0.15, 0.2) is 24.3 Å². The Labute approximate surface area is 113 Å². The first kappa shape index (κ1) is 13.9. The number of hydrogen-bond donors (Lipinski definition) is 0. The van der Waals surface area contributed by atoms with E-state index in [1.807, 2.05) is 0 Å². The molecule has 1 saturated heterocycles. The number of amides is 1. The highest BCUT2D eigenvalue weighted by atomic mass is 32.2. The van der Waals surface area contributed by atoms with Crippen LogP contribution in [-0.2, 0) is 9.84 Å². The minimum atomic E-state index is -3.08. The lowest BCUT2D eigenvalue weighted by atomic mass is 10.2. The largest absolute Gasteiger partial charge is 0.497 e. The highest BCUT2D eigenvalue weighted by Crippen LogP contribution is 2.20. The minimum Gasteiger partial charge on any atom is -0.497 e. The molecule has 19 heavy (non-hydrogen) atoms. The van der Waals surface area contributed by atoms with Crippen LogP contribution in [0.3, 0.4) is 0 Å². The molecule has 2 rings (SSSR count). The van der Waals surface area contributed by atoms with Gasteiger partial charge in [-0.2, -0.15) is 0 Å².